The van der Waals surface area contributed by atoms with Crippen LogP contribution in [0.3, 0.4) is 0 Å². The molecule has 1 aromatic carbocycles. The van der Waals surface area contributed by atoms with Gasteiger partial charge in [-0.25, -0.2) is 0 Å². The van der Waals surface area contributed by atoms with Crippen LogP contribution in [0.15, 0.2) is 41.5 Å². The summed E-state index contributed by atoms with van der Waals surface area (Å²) in [6.07, 6.45) is 13.3. The average Bonchev–Trinajstić information content (AvgIpc) is 2.34. The number of aliphatic imine (C=N–C) groups is 1. The third-order valence-corrected chi connectivity index (χ3v) is 1.71. The molecular weight excluding hydrogens is 198 g/mol. The summed E-state index contributed by atoms with van der Waals surface area (Å²) in [5.74, 6) is 0.890. The Balaban J connectivity index is 0.00000106. The Kier molecular flexibility index (Phi) is 8.34. The summed E-state index contributed by atoms with van der Waals surface area (Å²) in [4.78, 5) is 3.93. The lowest BCUT2D eigenvalue weighted by molar-refractivity contribution is 0.362. The highest BCUT2D eigenvalue weighted by atomic mass is 16.5. The van der Waals surface area contributed by atoms with Gasteiger partial charge in [0.1, 0.15) is 12.4 Å². The molecule has 0 aliphatic heterocycles. The Labute approximate surface area is 97.7 Å². The van der Waals surface area contributed by atoms with Gasteiger partial charge in [0.05, 0.1) is 0 Å². The van der Waals surface area contributed by atoms with Gasteiger partial charge >= 0.3 is 0 Å². The fraction of sp³-hybridized carbons (Fsp3) is 0.214. The Bertz CT molecular complexity index is 347. The van der Waals surface area contributed by atoms with Gasteiger partial charge in [-0.05, 0) is 32.1 Å². The van der Waals surface area contributed by atoms with Gasteiger partial charge in [-0.2, -0.15) is 0 Å². The summed E-state index contributed by atoms with van der Waals surface area (Å²) < 4.78 is 5.45. The Morgan fingerprint density at radius 2 is 1.88 bits per heavy atom. The van der Waals surface area contributed by atoms with Crippen molar-refractivity contribution >= 4 is 6.21 Å². The van der Waals surface area contributed by atoms with E-state index in [-0.39, 0.29) is 0 Å². The maximum Gasteiger partial charge on any atom is 0.119 e. The van der Waals surface area contributed by atoms with Gasteiger partial charge in [-0.15, -0.1) is 12.8 Å². The molecule has 0 radical (unpaired) electrons. The number of nitrogens with zero attached hydrogens (tertiary/aromatic N) is 1. The first-order valence-corrected chi connectivity index (χ1v) is 4.98. The van der Waals surface area contributed by atoms with Crippen molar-refractivity contribution in [3.63, 3.8) is 0 Å². The van der Waals surface area contributed by atoms with Gasteiger partial charge in [0, 0.05) is 12.4 Å². The molecule has 0 bridgehead atoms. The van der Waals surface area contributed by atoms with E-state index in [4.69, 9.17) is 4.74 Å². The van der Waals surface area contributed by atoms with Gasteiger partial charge in [0.15, 0.2) is 0 Å². The molecule has 84 valence electrons. The largest absolute Gasteiger partial charge is 0.489 e. The molecule has 0 amide bonds. The van der Waals surface area contributed by atoms with E-state index in [1.165, 1.54) is 5.56 Å². The van der Waals surface area contributed by atoms with Crippen molar-refractivity contribution in [1.82, 2.24) is 0 Å². The maximum atomic E-state index is 5.45. The minimum atomic E-state index is 0.556. The quantitative estimate of drug-likeness (QED) is 0.558. The number of ether oxygens (including phenoxy) is 1. The van der Waals surface area contributed by atoms with Crippen LogP contribution in [0.5, 0.6) is 5.75 Å². The first-order chi connectivity index (χ1) is 7.83. The molecule has 0 spiro atoms. The lowest BCUT2D eigenvalue weighted by Crippen LogP contribution is -1.92. The molecule has 0 N–H and O–H groups in total. The van der Waals surface area contributed by atoms with Crippen molar-refractivity contribution in [2.24, 2.45) is 4.99 Å². The van der Waals surface area contributed by atoms with Crippen LogP contribution in [0.1, 0.15) is 12.5 Å². The minimum Gasteiger partial charge on any atom is -0.489 e. The van der Waals surface area contributed by atoms with Gasteiger partial charge in [-0.3, -0.25) is 4.99 Å². The molecule has 1 rings (SSSR count). The van der Waals surface area contributed by atoms with Gasteiger partial charge in [0.2, 0.25) is 0 Å². The summed E-state index contributed by atoms with van der Waals surface area (Å²) in [6, 6.07) is 7.99. The SMILES string of the molecule is C#C.CC=N/C=C\COc1ccc(C)cc1. The second kappa shape index (κ2) is 9.54. The summed E-state index contributed by atoms with van der Waals surface area (Å²) in [7, 11) is 0. The number of rotatable bonds is 4. The van der Waals surface area contributed by atoms with Crippen LogP contribution in [0.2, 0.25) is 0 Å². The molecule has 16 heavy (non-hydrogen) atoms. The Morgan fingerprint density at radius 1 is 1.25 bits per heavy atom. The third-order valence-electron chi connectivity index (χ3n) is 1.71. The molecule has 0 unspecified atom stereocenters. The normalized spacial score (nSPS) is 10.0. The topological polar surface area (TPSA) is 21.6 Å². The predicted octanol–water partition coefficient (Wildman–Crippen LogP) is 3.23. The number of hydrogen-bond donors (Lipinski definition) is 0. The van der Waals surface area contributed by atoms with Crippen LogP contribution in [-0.4, -0.2) is 12.8 Å². The standard InChI is InChI=1S/C12H15NO.C2H2/c1-3-13-9-4-10-14-12-7-5-11(2)6-8-12;1-2/h3-9H,10H2,1-2H3;1-2H/b9-4-,13-3?;. The van der Waals surface area contributed by atoms with Crippen molar-refractivity contribution in [3.8, 4) is 18.6 Å². The molecule has 0 saturated carbocycles. The number of benzene rings is 1. The zero-order chi connectivity index (χ0) is 12.2. The van der Waals surface area contributed by atoms with Gasteiger partial charge in [0.25, 0.3) is 0 Å². The Hall–Kier alpha value is -2.01. The fourth-order valence-corrected chi connectivity index (χ4v) is 0.969. The molecule has 2 nitrogen and oxygen atoms in total. The van der Waals surface area contributed by atoms with Crippen LogP contribution in [0.25, 0.3) is 0 Å². The number of terminal acetylenes is 1. The van der Waals surface area contributed by atoms with Crippen molar-refractivity contribution < 1.29 is 4.74 Å². The maximum absolute atomic E-state index is 5.45. The van der Waals surface area contributed by atoms with Gasteiger partial charge in [-0.1, -0.05) is 17.7 Å². The van der Waals surface area contributed by atoms with E-state index in [0.717, 1.165) is 5.75 Å². The van der Waals surface area contributed by atoms with Crippen molar-refractivity contribution in [2.75, 3.05) is 6.61 Å². The number of hydrogen-bond acceptors (Lipinski definition) is 2. The molecule has 0 saturated heterocycles. The second-order valence-corrected chi connectivity index (χ2v) is 2.92. The summed E-state index contributed by atoms with van der Waals surface area (Å²) in [5, 5.41) is 0. The van der Waals surface area contributed by atoms with E-state index in [2.05, 4.69) is 24.8 Å². The Morgan fingerprint density at radius 3 is 2.44 bits per heavy atom. The van der Waals surface area contributed by atoms with Crippen LogP contribution < -0.4 is 4.74 Å². The lowest BCUT2D eigenvalue weighted by Gasteiger charge is -2.02. The third kappa shape index (κ3) is 6.44. The molecule has 0 aromatic heterocycles. The van der Waals surface area contributed by atoms with E-state index in [9.17, 15) is 0 Å². The predicted molar refractivity (Wildman–Crippen MR) is 69.9 cm³/mol. The minimum absolute atomic E-state index is 0.556. The highest BCUT2D eigenvalue weighted by Crippen LogP contribution is 2.10. The summed E-state index contributed by atoms with van der Waals surface area (Å²) in [5.41, 5.74) is 1.24. The van der Waals surface area contributed by atoms with Crippen molar-refractivity contribution in [2.45, 2.75) is 13.8 Å². The smallest absolute Gasteiger partial charge is 0.119 e. The first kappa shape index (κ1) is 14.0. The van der Waals surface area contributed by atoms with E-state index in [0.29, 0.717) is 6.61 Å². The zero-order valence-electron chi connectivity index (χ0n) is 9.76. The highest BCUT2D eigenvalue weighted by molar-refractivity contribution is 5.54. The van der Waals surface area contributed by atoms with Crippen LogP contribution in [-0.2, 0) is 0 Å². The lowest BCUT2D eigenvalue weighted by atomic mass is 10.2. The van der Waals surface area contributed by atoms with Crippen molar-refractivity contribution in [3.05, 3.63) is 42.1 Å². The fourth-order valence-electron chi connectivity index (χ4n) is 0.969. The van der Waals surface area contributed by atoms with Crippen LogP contribution in [0.4, 0.5) is 0 Å². The molecule has 1 aromatic rings. The molecule has 2 heteroatoms. The van der Waals surface area contributed by atoms with E-state index in [1.807, 2.05) is 37.3 Å². The summed E-state index contributed by atoms with van der Waals surface area (Å²) >= 11 is 0. The molecule has 0 fully saturated rings. The van der Waals surface area contributed by atoms with Crippen LogP contribution >= 0.6 is 0 Å². The van der Waals surface area contributed by atoms with Crippen molar-refractivity contribution in [1.29, 1.82) is 0 Å². The molecule has 0 heterocycles. The first-order valence-electron chi connectivity index (χ1n) is 4.98. The number of aryl methyl sites for hydroxylation is 1. The van der Waals surface area contributed by atoms with E-state index < -0.39 is 0 Å². The summed E-state index contributed by atoms with van der Waals surface area (Å²) in [6.45, 7) is 4.49. The molecule has 0 atom stereocenters. The molecule has 0 aliphatic carbocycles. The zero-order valence-corrected chi connectivity index (χ0v) is 9.76. The highest BCUT2D eigenvalue weighted by Gasteiger charge is 1.89. The monoisotopic (exact) mass is 215 g/mol. The van der Waals surface area contributed by atoms with E-state index in [1.54, 1.807) is 12.4 Å². The molecular formula is C14H17NO. The van der Waals surface area contributed by atoms with Gasteiger partial charge < -0.3 is 4.74 Å². The van der Waals surface area contributed by atoms with Crippen LogP contribution in [0, 0.1) is 19.8 Å². The second-order valence-electron chi connectivity index (χ2n) is 2.92. The van der Waals surface area contributed by atoms with E-state index >= 15 is 0 Å². The molecule has 0 aliphatic rings. The average molecular weight is 215 g/mol.